The van der Waals surface area contributed by atoms with Crippen LogP contribution in [0.15, 0.2) is 18.3 Å². The number of nitrogens with zero attached hydrogens (tertiary/aromatic N) is 3. The van der Waals surface area contributed by atoms with Crippen LogP contribution in [0.5, 0.6) is 0 Å². The van der Waals surface area contributed by atoms with Gasteiger partial charge in [-0.05, 0) is 18.9 Å². The number of hydrogen-bond acceptors (Lipinski definition) is 5. The van der Waals surface area contributed by atoms with E-state index in [0.717, 1.165) is 0 Å². The first-order valence-corrected chi connectivity index (χ1v) is 8.59. The molecule has 1 saturated heterocycles. The van der Waals surface area contributed by atoms with Crippen LogP contribution in [0, 0.1) is 10.1 Å². The van der Waals surface area contributed by atoms with Gasteiger partial charge >= 0.3 is 0 Å². The molecule has 112 valence electrons. The SMILES string of the molecule is O=[N+]([O-])c1cc2cn(C3CCS(=O)(=O)CC3)nc2cc1Cl. The van der Waals surface area contributed by atoms with E-state index in [9.17, 15) is 18.5 Å². The average Bonchev–Trinajstić information content (AvgIpc) is 2.80. The van der Waals surface area contributed by atoms with Crippen molar-refractivity contribution in [1.29, 1.82) is 0 Å². The van der Waals surface area contributed by atoms with Crippen molar-refractivity contribution < 1.29 is 13.3 Å². The van der Waals surface area contributed by atoms with Gasteiger partial charge in [0, 0.05) is 17.6 Å². The minimum absolute atomic E-state index is 0.00115. The number of benzene rings is 1. The largest absolute Gasteiger partial charge is 0.288 e. The lowest BCUT2D eigenvalue weighted by Crippen LogP contribution is -2.25. The molecule has 0 radical (unpaired) electrons. The first-order valence-electron chi connectivity index (χ1n) is 6.39. The fourth-order valence-corrected chi connectivity index (χ4v) is 4.22. The van der Waals surface area contributed by atoms with Crippen LogP contribution in [0.4, 0.5) is 5.69 Å². The Balaban J connectivity index is 1.96. The maximum Gasteiger partial charge on any atom is 0.288 e. The summed E-state index contributed by atoms with van der Waals surface area (Å²) in [6, 6.07) is 2.85. The van der Waals surface area contributed by atoms with E-state index in [4.69, 9.17) is 11.6 Å². The van der Waals surface area contributed by atoms with E-state index >= 15 is 0 Å². The molecule has 1 aromatic heterocycles. The highest BCUT2D eigenvalue weighted by Gasteiger charge is 2.26. The Morgan fingerprint density at radius 1 is 1.33 bits per heavy atom. The monoisotopic (exact) mass is 329 g/mol. The van der Waals surface area contributed by atoms with E-state index in [0.29, 0.717) is 23.7 Å². The van der Waals surface area contributed by atoms with E-state index in [-0.39, 0.29) is 28.3 Å². The van der Waals surface area contributed by atoms with E-state index in [2.05, 4.69) is 5.10 Å². The number of hydrogen-bond donors (Lipinski definition) is 0. The summed E-state index contributed by atoms with van der Waals surface area (Å²) in [5, 5.41) is 15.9. The topological polar surface area (TPSA) is 95.1 Å². The van der Waals surface area contributed by atoms with Crippen LogP contribution < -0.4 is 0 Å². The number of aromatic nitrogens is 2. The molecule has 1 fully saturated rings. The number of nitro groups is 1. The van der Waals surface area contributed by atoms with E-state index in [1.807, 2.05) is 0 Å². The Kier molecular flexibility index (Phi) is 3.37. The molecule has 0 spiro atoms. The van der Waals surface area contributed by atoms with Crippen molar-refractivity contribution in [3.63, 3.8) is 0 Å². The van der Waals surface area contributed by atoms with Gasteiger partial charge in [0.05, 0.1) is 28.0 Å². The van der Waals surface area contributed by atoms with Gasteiger partial charge in [-0.1, -0.05) is 11.6 Å². The maximum absolute atomic E-state index is 11.4. The van der Waals surface area contributed by atoms with Crippen LogP contribution in [0.2, 0.25) is 5.02 Å². The van der Waals surface area contributed by atoms with Crippen LogP contribution in [-0.2, 0) is 9.84 Å². The molecule has 7 nitrogen and oxygen atoms in total. The van der Waals surface area contributed by atoms with E-state index < -0.39 is 14.8 Å². The Hall–Kier alpha value is -1.67. The standard InChI is InChI=1S/C12H12ClN3O4S/c13-10-6-11-8(5-12(10)16(17)18)7-15(14-11)9-1-3-21(19,20)4-2-9/h5-7,9H,1-4H2. The van der Waals surface area contributed by atoms with Crippen LogP contribution in [0.1, 0.15) is 18.9 Å². The Morgan fingerprint density at radius 2 is 2.00 bits per heavy atom. The summed E-state index contributed by atoms with van der Waals surface area (Å²) >= 11 is 5.86. The molecule has 9 heteroatoms. The molecular formula is C12H12ClN3O4S. The molecule has 1 aliphatic rings. The molecule has 2 aromatic rings. The van der Waals surface area contributed by atoms with Gasteiger partial charge in [0.1, 0.15) is 14.9 Å². The van der Waals surface area contributed by atoms with E-state index in [1.165, 1.54) is 12.1 Å². The second-order valence-corrected chi connectivity index (χ2v) is 7.82. The smallest absolute Gasteiger partial charge is 0.268 e. The Bertz CT molecular complexity index is 816. The maximum atomic E-state index is 11.4. The fourth-order valence-electron chi connectivity index (χ4n) is 2.52. The minimum atomic E-state index is -2.93. The van der Waals surface area contributed by atoms with Gasteiger partial charge < -0.3 is 0 Å². The van der Waals surface area contributed by atoms with Gasteiger partial charge in [-0.15, -0.1) is 0 Å². The molecule has 21 heavy (non-hydrogen) atoms. The number of rotatable bonds is 2. The van der Waals surface area contributed by atoms with Gasteiger partial charge in [-0.3, -0.25) is 14.8 Å². The molecular weight excluding hydrogens is 318 g/mol. The number of halogens is 1. The summed E-state index contributed by atoms with van der Waals surface area (Å²) in [6.45, 7) is 0. The van der Waals surface area contributed by atoms with Crippen molar-refractivity contribution in [2.45, 2.75) is 18.9 Å². The quantitative estimate of drug-likeness (QED) is 0.622. The normalized spacial score (nSPS) is 18.9. The van der Waals surface area contributed by atoms with Crippen molar-refractivity contribution in [2.75, 3.05) is 11.5 Å². The molecule has 2 heterocycles. The zero-order chi connectivity index (χ0) is 15.2. The summed E-state index contributed by atoms with van der Waals surface area (Å²) in [4.78, 5) is 10.3. The van der Waals surface area contributed by atoms with Crippen molar-refractivity contribution in [3.05, 3.63) is 33.5 Å². The molecule has 0 amide bonds. The van der Waals surface area contributed by atoms with Gasteiger partial charge in [0.15, 0.2) is 0 Å². The Morgan fingerprint density at radius 3 is 2.62 bits per heavy atom. The highest BCUT2D eigenvalue weighted by Crippen LogP contribution is 2.31. The van der Waals surface area contributed by atoms with Crippen LogP contribution in [0.25, 0.3) is 10.9 Å². The molecule has 1 aromatic carbocycles. The summed E-state index contributed by atoms with van der Waals surface area (Å²) in [6.07, 6.45) is 2.72. The molecule has 0 saturated carbocycles. The lowest BCUT2D eigenvalue weighted by molar-refractivity contribution is -0.384. The first kappa shape index (κ1) is 14.3. The van der Waals surface area contributed by atoms with Crippen LogP contribution in [0.3, 0.4) is 0 Å². The Labute approximate surface area is 125 Å². The van der Waals surface area contributed by atoms with E-state index in [1.54, 1.807) is 10.9 Å². The van der Waals surface area contributed by atoms with Crippen LogP contribution in [-0.4, -0.2) is 34.6 Å². The first-order chi connectivity index (χ1) is 9.85. The number of fused-ring (bicyclic) bond motifs is 1. The highest BCUT2D eigenvalue weighted by atomic mass is 35.5. The predicted molar refractivity (Wildman–Crippen MR) is 78.3 cm³/mol. The minimum Gasteiger partial charge on any atom is -0.268 e. The van der Waals surface area contributed by atoms with Crippen molar-refractivity contribution >= 4 is 38.0 Å². The lowest BCUT2D eigenvalue weighted by atomic mass is 10.1. The zero-order valence-electron chi connectivity index (χ0n) is 10.9. The molecule has 0 unspecified atom stereocenters. The molecule has 0 N–H and O–H groups in total. The summed E-state index contributed by atoms with van der Waals surface area (Å²) < 4.78 is 24.6. The fraction of sp³-hybridized carbons (Fsp3) is 0.417. The second kappa shape index (κ2) is 4.96. The molecule has 0 bridgehead atoms. The summed E-state index contributed by atoms with van der Waals surface area (Å²) in [5.74, 6) is 0.295. The molecule has 1 aliphatic heterocycles. The lowest BCUT2D eigenvalue weighted by Gasteiger charge is -2.21. The van der Waals surface area contributed by atoms with Gasteiger partial charge in [-0.25, -0.2) is 8.42 Å². The third-order valence-corrected chi connectivity index (χ3v) is 5.70. The second-order valence-electron chi connectivity index (χ2n) is 5.11. The van der Waals surface area contributed by atoms with Gasteiger partial charge in [0.25, 0.3) is 5.69 Å². The number of nitro benzene ring substituents is 1. The summed E-state index contributed by atoms with van der Waals surface area (Å²) in [5.41, 5.74) is 0.411. The number of sulfone groups is 1. The van der Waals surface area contributed by atoms with Crippen LogP contribution >= 0.6 is 11.6 Å². The van der Waals surface area contributed by atoms with Crippen molar-refractivity contribution in [1.82, 2.24) is 9.78 Å². The third kappa shape index (κ3) is 2.73. The molecule has 0 aliphatic carbocycles. The summed E-state index contributed by atoms with van der Waals surface area (Å²) in [7, 11) is -2.93. The van der Waals surface area contributed by atoms with Gasteiger partial charge in [0.2, 0.25) is 0 Å². The molecule has 0 atom stereocenters. The third-order valence-electron chi connectivity index (χ3n) is 3.69. The zero-order valence-corrected chi connectivity index (χ0v) is 12.5. The predicted octanol–water partition coefficient (Wildman–Crippen LogP) is 2.35. The van der Waals surface area contributed by atoms with Crippen molar-refractivity contribution in [3.8, 4) is 0 Å². The average molecular weight is 330 g/mol. The molecule has 3 rings (SSSR count). The highest BCUT2D eigenvalue weighted by molar-refractivity contribution is 7.91. The van der Waals surface area contributed by atoms with Crippen molar-refractivity contribution in [2.24, 2.45) is 0 Å². The van der Waals surface area contributed by atoms with Gasteiger partial charge in [-0.2, -0.15) is 5.10 Å².